The van der Waals surface area contributed by atoms with E-state index in [1.54, 1.807) is 12.1 Å². The molecule has 1 heterocycles. The van der Waals surface area contributed by atoms with E-state index in [2.05, 4.69) is 10.3 Å². The van der Waals surface area contributed by atoms with Gasteiger partial charge in [0.05, 0.1) is 11.1 Å². The number of rotatable bonds is 5. The predicted molar refractivity (Wildman–Crippen MR) is 69.9 cm³/mol. The first-order chi connectivity index (χ1) is 9.56. The maximum Gasteiger partial charge on any atom is 0.287 e. The van der Waals surface area contributed by atoms with Gasteiger partial charge in [0.1, 0.15) is 11.5 Å². The Bertz CT molecular complexity index is 622. The molecule has 1 aromatic carbocycles. The van der Waals surface area contributed by atoms with Gasteiger partial charge in [0.15, 0.2) is 0 Å². The van der Waals surface area contributed by atoms with Gasteiger partial charge in [-0.15, -0.1) is 0 Å². The highest BCUT2D eigenvalue weighted by atomic mass is 19.1. The molecular formula is C13H12FN3O3. The van der Waals surface area contributed by atoms with Crippen LogP contribution in [0.4, 0.5) is 10.1 Å². The van der Waals surface area contributed by atoms with Crippen molar-refractivity contribution in [3.05, 3.63) is 63.7 Å². The third kappa shape index (κ3) is 3.41. The first kappa shape index (κ1) is 13.7. The van der Waals surface area contributed by atoms with Crippen LogP contribution in [-0.4, -0.2) is 22.4 Å². The molecule has 0 unspecified atom stereocenters. The Morgan fingerprint density at radius 2 is 2.05 bits per heavy atom. The summed E-state index contributed by atoms with van der Waals surface area (Å²) in [7, 11) is 0. The highest BCUT2D eigenvalue weighted by molar-refractivity contribution is 5.93. The van der Waals surface area contributed by atoms with Crippen molar-refractivity contribution in [1.82, 2.24) is 10.3 Å². The molecular weight excluding hydrogens is 265 g/mol. The molecule has 20 heavy (non-hydrogen) atoms. The minimum absolute atomic E-state index is 0.135. The number of aromatic nitrogens is 1. The van der Waals surface area contributed by atoms with Crippen molar-refractivity contribution in [2.45, 2.75) is 6.42 Å². The summed E-state index contributed by atoms with van der Waals surface area (Å²) >= 11 is 0. The number of benzene rings is 1. The zero-order valence-corrected chi connectivity index (χ0v) is 10.4. The summed E-state index contributed by atoms with van der Waals surface area (Å²) in [6.45, 7) is 0.358. The number of carbonyl (C=O) groups excluding carboxylic acids is 1. The summed E-state index contributed by atoms with van der Waals surface area (Å²) in [5.74, 6) is -0.725. The molecule has 1 aromatic heterocycles. The molecule has 1 amide bonds. The number of nitrogens with one attached hydrogen (secondary N) is 2. The Labute approximate surface area is 113 Å². The van der Waals surface area contributed by atoms with Crippen molar-refractivity contribution in [1.29, 1.82) is 0 Å². The third-order valence-electron chi connectivity index (χ3n) is 2.74. The fraction of sp³-hybridized carbons (Fsp3) is 0.154. The largest absolute Gasteiger partial charge is 0.351 e. The fourth-order valence-electron chi connectivity index (χ4n) is 1.69. The van der Waals surface area contributed by atoms with E-state index in [9.17, 15) is 19.3 Å². The molecule has 0 atom stereocenters. The van der Waals surface area contributed by atoms with Gasteiger partial charge in [0.2, 0.25) is 0 Å². The lowest BCUT2D eigenvalue weighted by Crippen LogP contribution is -2.25. The summed E-state index contributed by atoms with van der Waals surface area (Å²) in [4.78, 5) is 24.1. The van der Waals surface area contributed by atoms with Gasteiger partial charge in [0, 0.05) is 12.6 Å². The number of hydrogen-bond acceptors (Lipinski definition) is 3. The Balaban J connectivity index is 1.85. The minimum Gasteiger partial charge on any atom is -0.351 e. The van der Waals surface area contributed by atoms with Crippen molar-refractivity contribution in [3.8, 4) is 0 Å². The third-order valence-corrected chi connectivity index (χ3v) is 2.74. The van der Waals surface area contributed by atoms with E-state index in [4.69, 9.17) is 0 Å². The van der Waals surface area contributed by atoms with Gasteiger partial charge in [-0.25, -0.2) is 4.39 Å². The normalized spacial score (nSPS) is 10.2. The fourth-order valence-corrected chi connectivity index (χ4v) is 1.69. The highest BCUT2D eigenvalue weighted by Gasteiger charge is 2.13. The summed E-state index contributed by atoms with van der Waals surface area (Å²) in [5, 5.41) is 13.1. The molecule has 0 aliphatic heterocycles. The summed E-state index contributed by atoms with van der Waals surface area (Å²) in [6.07, 6.45) is 1.71. The average molecular weight is 277 g/mol. The topological polar surface area (TPSA) is 88.0 Å². The van der Waals surface area contributed by atoms with E-state index < -0.39 is 10.8 Å². The molecule has 0 aliphatic rings. The predicted octanol–water partition coefficient (Wildman–Crippen LogP) is 2.03. The van der Waals surface area contributed by atoms with Crippen molar-refractivity contribution < 1.29 is 14.1 Å². The van der Waals surface area contributed by atoms with Crippen LogP contribution in [0.3, 0.4) is 0 Å². The Hall–Kier alpha value is -2.70. The molecule has 0 aliphatic carbocycles. The lowest BCUT2D eigenvalue weighted by Gasteiger charge is -2.03. The van der Waals surface area contributed by atoms with E-state index in [0.29, 0.717) is 13.0 Å². The monoisotopic (exact) mass is 277 g/mol. The van der Waals surface area contributed by atoms with Crippen LogP contribution in [0.5, 0.6) is 0 Å². The highest BCUT2D eigenvalue weighted by Crippen LogP contribution is 2.11. The van der Waals surface area contributed by atoms with Crippen molar-refractivity contribution in [2.75, 3.05) is 6.54 Å². The van der Waals surface area contributed by atoms with E-state index in [1.807, 2.05) is 0 Å². The van der Waals surface area contributed by atoms with Crippen molar-refractivity contribution >= 4 is 11.6 Å². The van der Waals surface area contributed by atoms with Gasteiger partial charge < -0.3 is 10.3 Å². The zero-order valence-electron chi connectivity index (χ0n) is 10.4. The molecule has 6 nitrogen and oxygen atoms in total. The number of H-pyrrole nitrogens is 1. The molecule has 0 bridgehead atoms. The number of aromatic amines is 1. The molecule has 0 spiro atoms. The molecule has 2 N–H and O–H groups in total. The lowest BCUT2D eigenvalue weighted by atomic mass is 10.1. The van der Waals surface area contributed by atoms with Crippen LogP contribution < -0.4 is 5.32 Å². The maximum absolute atomic E-state index is 12.7. The van der Waals surface area contributed by atoms with Crippen LogP contribution in [0.15, 0.2) is 36.5 Å². The van der Waals surface area contributed by atoms with E-state index in [-0.39, 0.29) is 17.2 Å². The minimum atomic E-state index is -0.578. The summed E-state index contributed by atoms with van der Waals surface area (Å²) < 4.78 is 12.7. The quantitative estimate of drug-likeness (QED) is 0.647. The van der Waals surface area contributed by atoms with Crippen LogP contribution in [0.2, 0.25) is 0 Å². The maximum atomic E-state index is 12.7. The molecule has 7 heteroatoms. The number of nitro groups is 1. The van der Waals surface area contributed by atoms with Gasteiger partial charge in [-0.05, 0) is 24.1 Å². The summed E-state index contributed by atoms with van der Waals surface area (Å²) in [6, 6.07) is 7.16. The Morgan fingerprint density at radius 1 is 1.35 bits per heavy atom. The first-order valence-corrected chi connectivity index (χ1v) is 5.92. The Morgan fingerprint density at radius 3 is 2.65 bits per heavy atom. The molecule has 2 aromatic rings. The molecule has 0 radical (unpaired) electrons. The van der Waals surface area contributed by atoms with Gasteiger partial charge in [-0.1, -0.05) is 12.1 Å². The zero-order chi connectivity index (χ0) is 14.5. The Kier molecular flexibility index (Phi) is 4.09. The second-order valence-electron chi connectivity index (χ2n) is 4.16. The van der Waals surface area contributed by atoms with Crippen LogP contribution in [0.1, 0.15) is 16.1 Å². The number of hydrogen-bond donors (Lipinski definition) is 2. The average Bonchev–Trinajstić information content (AvgIpc) is 2.91. The second kappa shape index (κ2) is 5.96. The number of nitrogens with zero attached hydrogens (tertiary/aromatic N) is 1. The van der Waals surface area contributed by atoms with Gasteiger partial charge in [-0.2, -0.15) is 0 Å². The van der Waals surface area contributed by atoms with Crippen molar-refractivity contribution in [3.63, 3.8) is 0 Å². The smallest absolute Gasteiger partial charge is 0.287 e. The van der Waals surface area contributed by atoms with Crippen LogP contribution in [0.25, 0.3) is 0 Å². The number of amides is 1. The standard InChI is InChI=1S/C13H12FN3O3/c14-10-3-1-9(2-4-10)5-6-15-13(18)12-7-11(8-16-12)17(19)20/h1-4,7-8,16H,5-6H2,(H,15,18). The second-order valence-corrected chi connectivity index (χ2v) is 4.16. The van der Waals surface area contributed by atoms with Crippen LogP contribution >= 0.6 is 0 Å². The molecule has 0 saturated heterocycles. The van der Waals surface area contributed by atoms with Gasteiger partial charge in [-0.3, -0.25) is 14.9 Å². The van der Waals surface area contributed by atoms with Gasteiger partial charge in [0.25, 0.3) is 11.6 Å². The molecule has 0 fully saturated rings. The van der Waals surface area contributed by atoms with Crippen molar-refractivity contribution in [2.24, 2.45) is 0 Å². The number of carbonyl (C=O) groups is 1. The molecule has 0 saturated carbocycles. The van der Waals surface area contributed by atoms with Gasteiger partial charge >= 0.3 is 0 Å². The van der Waals surface area contributed by atoms with E-state index in [0.717, 1.165) is 11.8 Å². The summed E-state index contributed by atoms with van der Waals surface area (Å²) in [5.41, 5.74) is 0.869. The van der Waals surface area contributed by atoms with E-state index in [1.165, 1.54) is 18.2 Å². The van der Waals surface area contributed by atoms with Crippen LogP contribution in [-0.2, 0) is 6.42 Å². The number of halogens is 1. The molecule has 2 rings (SSSR count). The van der Waals surface area contributed by atoms with Crippen LogP contribution in [0, 0.1) is 15.9 Å². The SMILES string of the molecule is O=C(NCCc1ccc(F)cc1)c1cc([N+](=O)[O-])c[nH]1. The first-order valence-electron chi connectivity index (χ1n) is 5.92. The lowest BCUT2D eigenvalue weighted by molar-refractivity contribution is -0.384. The van der Waals surface area contributed by atoms with E-state index >= 15 is 0 Å². The molecule has 104 valence electrons.